The van der Waals surface area contributed by atoms with Gasteiger partial charge in [-0.3, -0.25) is 0 Å². The summed E-state index contributed by atoms with van der Waals surface area (Å²) >= 11 is 5.81. The molecule has 0 aliphatic heterocycles. The van der Waals surface area contributed by atoms with E-state index in [4.69, 9.17) is 11.6 Å². The molecule has 32 heavy (non-hydrogen) atoms. The maximum absolute atomic E-state index is 15.5. The largest absolute Gasteiger partial charge is 0.206 e. The lowest BCUT2D eigenvalue weighted by Crippen LogP contribution is -2.37. The zero-order chi connectivity index (χ0) is 22.7. The highest BCUT2D eigenvalue weighted by Gasteiger charge is 2.40. The zero-order valence-corrected chi connectivity index (χ0v) is 19.9. The normalized spacial score (nSPS) is 16.1. The zero-order valence-electron chi connectivity index (χ0n) is 19.2. The Morgan fingerprint density at radius 1 is 0.875 bits per heavy atom. The fraction of sp³-hybridized carbons (Fsp3) is 0.448. The first kappa shape index (κ1) is 23.2. The smallest absolute Gasteiger partial charge is 0.142 e. The molecule has 4 rings (SSSR count). The Hall–Kier alpha value is -1.93. The van der Waals surface area contributed by atoms with Gasteiger partial charge in [-0.05, 0) is 65.7 Å². The molecule has 1 aliphatic rings. The fourth-order valence-corrected chi connectivity index (χ4v) is 6.11. The molecule has 0 N–H and O–H groups in total. The van der Waals surface area contributed by atoms with Crippen molar-refractivity contribution in [2.24, 2.45) is 5.92 Å². The minimum atomic E-state index is -0.531. The van der Waals surface area contributed by atoms with E-state index in [-0.39, 0.29) is 16.3 Å². The van der Waals surface area contributed by atoms with Gasteiger partial charge in [-0.1, -0.05) is 94.0 Å². The van der Waals surface area contributed by atoms with Gasteiger partial charge in [-0.2, -0.15) is 0 Å². The fourth-order valence-electron chi connectivity index (χ4n) is 6.00. The van der Waals surface area contributed by atoms with E-state index in [1.54, 1.807) is 12.1 Å². The van der Waals surface area contributed by atoms with Crippen LogP contribution in [0.1, 0.15) is 77.2 Å². The first-order valence-corrected chi connectivity index (χ1v) is 12.6. The lowest BCUT2D eigenvalue weighted by atomic mass is 9.60. The van der Waals surface area contributed by atoms with Crippen molar-refractivity contribution in [1.82, 2.24) is 0 Å². The topological polar surface area (TPSA) is 0 Å². The van der Waals surface area contributed by atoms with Crippen molar-refractivity contribution >= 4 is 22.4 Å². The Morgan fingerprint density at radius 2 is 1.59 bits per heavy atom. The van der Waals surface area contributed by atoms with Crippen molar-refractivity contribution in [3.8, 4) is 11.1 Å². The van der Waals surface area contributed by atoms with E-state index in [0.717, 1.165) is 5.39 Å². The molecule has 0 aromatic heterocycles. The quantitative estimate of drug-likeness (QED) is 0.333. The molecule has 3 heteroatoms. The standard InChI is InChI=1S/C29H33ClF2/c1-3-8-22(9-4-2)29(16-6-5-7-17-29)23-12-14-25-20(18-23)10-13-24(28(25)32)21-11-15-26(30)27(31)19-21/h10-15,18-19,22H,3-9,16-17H2,1-2H3. The van der Waals surface area contributed by atoms with Crippen molar-refractivity contribution in [3.05, 3.63) is 70.8 Å². The summed E-state index contributed by atoms with van der Waals surface area (Å²) in [5.41, 5.74) is 2.49. The number of hydrogen-bond acceptors (Lipinski definition) is 0. The van der Waals surface area contributed by atoms with Crippen LogP contribution in [0.3, 0.4) is 0 Å². The molecule has 0 heterocycles. The predicted octanol–water partition coefficient (Wildman–Crippen LogP) is 9.86. The highest BCUT2D eigenvalue weighted by atomic mass is 35.5. The van der Waals surface area contributed by atoms with Crippen LogP contribution in [-0.4, -0.2) is 0 Å². The summed E-state index contributed by atoms with van der Waals surface area (Å²) in [6.45, 7) is 4.58. The van der Waals surface area contributed by atoms with Gasteiger partial charge in [0.25, 0.3) is 0 Å². The molecule has 170 valence electrons. The second kappa shape index (κ2) is 9.91. The second-order valence-corrected chi connectivity index (χ2v) is 9.89. The molecule has 0 spiro atoms. The number of rotatable bonds is 7. The van der Waals surface area contributed by atoms with Crippen LogP contribution in [0.2, 0.25) is 5.02 Å². The van der Waals surface area contributed by atoms with E-state index in [1.807, 2.05) is 12.1 Å². The van der Waals surface area contributed by atoms with Crippen molar-refractivity contribution in [2.75, 3.05) is 0 Å². The van der Waals surface area contributed by atoms with Gasteiger partial charge in [0.2, 0.25) is 0 Å². The lowest BCUT2D eigenvalue weighted by Gasteiger charge is -2.45. The van der Waals surface area contributed by atoms with Crippen LogP contribution in [0.15, 0.2) is 48.5 Å². The average Bonchev–Trinajstić information content (AvgIpc) is 2.81. The van der Waals surface area contributed by atoms with Gasteiger partial charge >= 0.3 is 0 Å². The average molecular weight is 455 g/mol. The minimum absolute atomic E-state index is 0.0473. The molecule has 1 fully saturated rings. The van der Waals surface area contributed by atoms with Gasteiger partial charge in [0.1, 0.15) is 11.6 Å². The Labute approximate surface area is 196 Å². The SMILES string of the molecule is CCCC(CCC)C1(c2ccc3c(F)c(-c4ccc(Cl)c(F)c4)ccc3c2)CCCCC1. The summed E-state index contributed by atoms with van der Waals surface area (Å²) in [5, 5.41) is 1.57. The number of benzene rings is 3. The summed E-state index contributed by atoms with van der Waals surface area (Å²) in [5.74, 6) is -0.153. The summed E-state index contributed by atoms with van der Waals surface area (Å²) in [6, 6.07) is 14.5. The molecule has 0 saturated heterocycles. The van der Waals surface area contributed by atoms with Crippen molar-refractivity contribution in [3.63, 3.8) is 0 Å². The highest BCUT2D eigenvalue weighted by molar-refractivity contribution is 6.30. The first-order chi connectivity index (χ1) is 15.5. The third-order valence-electron chi connectivity index (χ3n) is 7.56. The predicted molar refractivity (Wildman–Crippen MR) is 132 cm³/mol. The van der Waals surface area contributed by atoms with Gasteiger partial charge in [-0.25, -0.2) is 8.78 Å². The second-order valence-electron chi connectivity index (χ2n) is 9.48. The van der Waals surface area contributed by atoms with Crippen LogP contribution in [0.4, 0.5) is 8.78 Å². The summed E-state index contributed by atoms with van der Waals surface area (Å²) in [4.78, 5) is 0. The molecule has 0 amide bonds. The van der Waals surface area contributed by atoms with E-state index in [2.05, 4.69) is 26.0 Å². The molecular weight excluding hydrogens is 422 g/mol. The summed E-state index contributed by atoms with van der Waals surface area (Å²) < 4.78 is 29.5. The van der Waals surface area contributed by atoms with Gasteiger partial charge in [-0.15, -0.1) is 0 Å². The van der Waals surface area contributed by atoms with Gasteiger partial charge in [0.15, 0.2) is 0 Å². The van der Waals surface area contributed by atoms with Crippen LogP contribution < -0.4 is 0 Å². The van der Waals surface area contributed by atoms with Crippen LogP contribution in [0.25, 0.3) is 21.9 Å². The molecule has 1 saturated carbocycles. The van der Waals surface area contributed by atoms with Crippen LogP contribution >= 0.6 is 11.6 Å². The molecule has 0 radical (unpaired) electrons. The number of fused-ring (bicyclic) bond motifs is 1. The van der Waals surface area contributed by atoms with Gasteiger partial charge in [0.05, 0.1) is 5.02 Å². The summed E-state index contributed by atoms with van der Waals surface area (Å²) in [7, 11) is 0. The summed E-state index contributed by atoms with van der Waals surface area (Å²) in [6.07, 6.45) is 11.2. The van der Waals surface area contributed by atoms with Crippen LogP contribution in [0, 0.1) is 17.6 Å². The van der Waals surface area contributed by atoms with Crippen molar-refractivity contribution in [1.29, 1.82) is 0 Å². The van der Waals surface area contributed by atoms with Gasteiger partial charge < -0.3 is 0 Å². The minimum Gasteiger partial charge on any atom is -0.206 e. The Balaban J connectivity index is 1.79. The molecule has 0 atom stereocenters. The van der Waals surface area contributed by atoms with Crippen LogP contribution in [-0.2, 0) is 5.41 Å². The van der Waals surface area contributed by atoms with Crippen molar-refractivity contribution < 1.29 is 8.78 Å². The molecule has 0 nitrogen and oxygen atoms in total. The van der Waals surface area contributed by atoms with Crippen LogP contribution in [0.5, 0.6) is 0 Å². The Kier molecular flexibility index (Phi) is 7.20. The van der Waals surface area contributed by atoms with E-state index < -0.39 is 5.82 Å². The van der Waals surface area contributed by atoms with E-state index in [1.165, 1.54) is 75.5 Å². The third kappa shape index (κ3) is 4.31. The lowest BCUT2D eigenvalue weighted by molar-refractivity contribution is 0.168. The third-order valence-corrected chi connectivity index (χ3v) is 7.87. The molecule has 0 bridgehead atoms. The van der Waals surface area contributed by atoms with Crippen molar-refractivity contribution in [2.45, 2.75) is 77.0 Å². The molecule has 3 aromatic rings. The molecule has 3 aromatic carbocycles. The maximum Gasteiger partial charge on any atom is 0.142 e. The molecular formula is C29H33ClF2. The molecule has 0 unspecified atom stereocenters. The molecule has 1 aliphatic carbocycles. The number of halogens is 3. The van der Waals surface area contributed by atoms with E-state index in [0.29, 0.717) is 22.4 Å². The monoisotopic (exact) mass is 454 g/mol. The highest BCUT2D eigenvalue weighted by Crippen LogP contribution is 2.49. The first-order valence-electron chi connectivity index (χ1n) is 12.2. The Bertz CT molecular complexity index is 1080. The van der Waals surface area contributed by atoms with E-state index >= 15 is 4.39 Å². The van der Waals surface area contributed by atoms with Gasteiger partial charge in [0, 0.05) is 10.9 Å². The Morgan fingerprint density at radius 3 is 2.25 bits per heavy atom. The van der Waals surface area contributed by atoms with E-state index in [9.17, 15) is 4.39 Å². The number of hydrogen-bond donors (Lipinski definition) is 0. The maximum atomic E-state index is 15.5.